The molecule has 2 heterocycles. The van der Waals surface area contributed by atoms with Gasteiger partial charge in [0.2, 0.25) is 0 Å². The zero-order valence-electron chi connectivity index (χ0n) is 10.8. The maximum atomic E-state index is 12.0. The van der Waals surface area contributed by atoms with Crippen molar-refractivity contribution in [1.29, 1.82) is 0 Å². The minimum absolute atomic E-state index is 0.0151. The SMILES string of the molecule is O=c1[nH]c(CSc2cccc(Br)c2)nc2c1CCNC2. The summed E-state index contributed by atoms with van der Waals surface area (Å²) in [4.78, 5) is 20.6. The number of aromatic nitrogens is 2. The number of benzene rings is 1. The maximum absolute atomic E-state index is 12.0. The Balaban J connectivity index is 1.78. The van der Waals surface area contributed by atoms with E-state index in [-0.39, 0.29) is 5.56 Å². The number of hydrogen-bond acceptors (Lipinski definition) is 4. The topological polar surface area (TPSA) is 57.8 Å². The number of hydrogen-bond donors (Lipinski definition) is 2. The Hall–Kier alpha value is -1.11. The molecule has 1 aliphatic rings. The molecule has 1 aromatic carbocycles. The van der Waals surface area contributed by atoms with Crippen LogP contribution in [0.15, 0.2) is 38.4 Å². The number of H-pyrrole nitrogens is 1. The van der Waals surface area contributed by atoms with Crippen molar-refractivity contribution in [2.75, 3.05) is 6.54 Å². The first kappa shape index (κ1) is 13.9. The van der Waals surface area contributed by atoms with E-state index in [2.05, 4.69) is 37.3 Å². The van der Waals surface area contributed by atoms with Crippen LogP contribution in [0.4, 0.5) is 0 Å². The Labute approximate surface area is 129 Å². The van der Waals surface area contributed by atoms with Gasteiger partial charge >= 0.3 is 0 Å². The van der Waals surface area contributed by atoms with Crippen molar-refractivity contribution in [3.63, 3.8) is 0 Å². The average Bonchev–Trinajstić information content (AvgIpc) is 2.45. The van der Waals surface area contributed by atoms with Crippen LogP contribution in [0, 0.1) is 0 Å². The fourth-order valence-electron chi connectivity index (χ4n) is 2.20. The molecule has 1 aliphatic heterocycles. The summed E-state index contributed by atoms with van der Waals surface area (Å²) in [6, 6.07) is 8.10. The normalized spacial score (nSPS) is 14.1. The molecule has 4 nitrogen and oxygen atoms in total. The van der Waals surface area contributed by atoms with Crippen molar-refractivity contribution in [3.05, 3.63) is 56.2 Å². The van der Waals surface area contributed by atoms with Gasteiger partial charge in [-0.05, 0) is 31.2 Å². The molecule has 2 aromatic rings. The van der Waals surface area contributed by atoms with E-state index in [1.54, 1.807) is 11.8 Å². The monoisotopic (exact) mass is 351 g/mol. The number of rotatable bonds is 3. The number of aromatic amines is 1. The van der Waals surface area contributed by atoms with Gasteiger partial charge in [0.1, 0.15) is 5.82 Å². The highest BCUT2D eigenvalue weighted by Gasteiger charge is 2.14. The van der Waals surface area contributed by atoms with Crippen LogP contribution in [-0.4, -0.2) is 16.5 Å². The smallest absolute Gasteiger partial charge is 0.254 e. The molecule has 0 fully saturated rings. The minimum atomic E-state index is 0.0151. The lowest BCUT2D eigenvalue weighted by atomic mass is 10.1. The number of thioether (sulfide) groups is 1. The van der Waals surface area contributed by atoms with E-state index < -0.39 is 0 Å². The first-order chi connectivity index (χ1) is 9.72. The van der Waals surface area contributed by atoms with Crippen LogP contribution < -0.4 is 10.9 Å². The third kappa shape index (κ3) is 3.13. The Morgan fingerprint density at radius 3 is 3.15 bits per heavy atom. The summed E-state index contributed by atoms with van der Waals surface area (Å²) < 4.78 is 1.05. The molecular formula is C14H14BrN3OS. The summed E-state index contributed by atoms with van der Waals surface area (Å²) in [6.07, 6.45) is 0.761. The van der Waals surface area contributed by atoms with Gasteiger partial charge in [0.05, 0.1) is 11.4 Å². The highest BCUT2D eigenvalue weighted by molar-refractivity contribution is 9.10. The lowest BCUT2D eigenvalue weighted by Crippen LogP contribution is -2.31. The zero-order chi connectivity index (χ0) is 13.9. The molecule has 0 bridgehead atoms. The molecule has 1 aromatic heterocycles. The average molecular weight is 352 g/mol. The lowest BCUT2D eigenvalue weighted by Gasteiger charge is -2.15. The molecule has 6 heteroatoms. The summed E-state index contributed by atoms with van der Waals surface area (Å²) in [5.41, 5.74) is 1.74. The van der Waals surface area contributed by atoms with Gasteiger partial charge in [-0.25, -0.2) is 4.98 Å². The van der Waals surface area contributed by atoms with Crippen molar-refractivity contribution in [1.82, 2.24) is 15.3 Å². The lowest BCUT2D eigenvalue weighted by molar-refractivity contribution is 0.614. The van der Waals surface area contributed by atoms with Gasteiger partial charge in [0, 0.05) is 21.5 Å². The first-order valence-electron chi connectivity index (χ1n) is 6.42. The molecule has 0 aliphatic carbocycles. The molecule has 0 atom stereocenters. The molecule has 0 saturated heterocycles. The van der Waals surface area contributed by atoms with Gasteiger partial charge in [-0.15, -0.1) is 11.8 Å². The van der Waals surface area contributed by atoms with Crippen molar-refractivity contribution in [2.24, 2.45) is 0 Å². The van der Waals surface area contributed by atoms with E-state index in [0.717, 1.165) is 39.4 Å². The second-order valence-corrected chi connectivity index (χ2v) is 6.58. The molecule has 0 radical (unpaired) electrons. The predicted octanol–water partition coefficient (Wildman–Crippen LogP) is 2.47. The molecule has 0 spiro atoms. The Kier molecular flexibility index (Phi) is 4.24. The quantitative estimate of drug-likeness (QED) is 0.834. The van der Waals surface area contributed by atoms with Crippen LogP contribution in [0.25, 0.3) is 0 Å². The first-order valence-corrected chi connectivity index (χ1v) is 8.20. The minimum Gasteiger partial charge on any atom is -0.311 e. The van der Waals surface area contributed by atoms with Crippen LogP contribution in [0.1, 0.15) is 17.1 Å². The third-order valence-corrected chi connectivity index (χ3v) is 4.66. The maximum Gasteiger partial charge on any atom is 0.254 e. The summed E-state index contributed by atoms with van der Waals surface area (Å²) >= 11 is 5.12. The summed E-state index contributed by atoms with van der Waals surface area (Å²) in [7, 11) is 0. The van der Waals surface area contributed by atoms with Crippen LogP contribution in [0.3, 0.4) is 0 Å². The summed E-state index contributed by atoms with van der Waals surface area (Å²) in [6.45, 7) is 1.54. The molecular weight excluding hydrogens is 338 g/mol. The molecule has 3 rings (SSSR count). The summed E-state index contributed by atoms with van der Waals surface area (Å²) in [5, 5.41) is 3.25. The fourth-order valence-corrected chi connectivity index (χ4v) is 3.57. The Morgan fingerprint density at radius 1 is 1.40 bits per heavy atom. The molecule has 0 amide bonds. The van der Waals surface area contributed by atoms with E-state index in [1.165, 1.54) is 0 Å². The number of nitrogens with one attached hydrogen (secondary N) is 2. The highest BCUT2D eigenvalue weighted by Crippen LogP contribution is 2.24. The Bertz CT molecular complexity index is 686. The fraction of sp³-hybridized carbons (Fsp3) is 0.286. The van der Waals surface area contributed by atoms with Gasteiger partial charge in [-0.3, -0.25) is 4.79 Å². The Morgan fingerprint density at radius 2 is 2.30 bits per heavy atom. The number of fused-ring (bicyclic) bond motifs is 1. The van der Waals surface area contributed by atoms with E-state index in [9.17, 15) is 4.79 Å². The predicted molar refractivity (Wildman–Crippen MR) is 84.0 cm³/mol. The standard InChI is InChI=1S/C14H14BrN3OS/c15-9-2-1-3-10(6-9)20-8-13-17-12-7-16-5-4-11(12)14(19)18-13/h1-3,6,16H,4-5,7-8H2,(H,17,18,19). The third-order valence-electron chi connectivity index (χ3n) is 3.17. The largest absolute Gasteiger partial charge is 0.311 e. The van der Waals surface area contributed by atoms with Gasteiger partial charge in [0.25, 0.3) is 5.56 Å². The van der Waals surface area contributed by atoms with Crippen LogP contribution in [0.2, 0.25) is 0 Å². The van der Waals surface area contributed by atoms with Crippen molar-refractivity contribution >= 4 is 27.7 Å². The van der Waals surface area contributed by atoms with Gasteiger partial charge in [-0.1, -0.05) is 22.0 Å². The molecule has 0 saturated carbocycles. The van der Waals surface area contributed by atoms with Crippen LogP contribution in [0.5, 0.6) is 0 Å². The van der Waals surface area contributed by atoms with Gasteiger partial charge in [-0.2, -0.15) is 0 Å². The molecule has 0 unspecified atom stereocenters. The number of nitrogens with zero attached hydrogens (tertiary/aromatic N) is 1. The van der Waals surface area contributed by atoms with Crippen molar-refractivity contribution in [3.8, 4) is 0 Å². The summed E-state index contributed by atoms with van der Waals surface area (Å²) in [5.74, 6) is 1.40. The highest BCUT2D eigenvalue weighted by atomic mass is 79.9. The van der Waals surface area contributed by atoms with Crippen molar-refractivity contribution < 1.29 is 0 Å². The van der Waals surface area contributed by atoms with Gasteiger partial charge in [0.15, 0.2) is 0 Å². The van der Waals surface area contributed by atoms with E-state index in [4.69, 9.17) is 0 Å². The molecule has 2 N–H and O–H groups in total. The van der Waals surface area contributed by atoms with Crippen molar-refractivity contribution in [2.45, 2.75) is 23.6 Å². The van der Waals surface area contributed by atoms with E-state index in [0.29, 0.717) is 12.3 Å². The van der Waals surface area contributed by atoms with Gasteiger partial charge < -0.3 is 10.3 Å². The van der Waals surface area contributed by atoms with Crippen LogP contribution >= 0.6 is 27.7 Å². The molecule has 20 heavy (non-hydrogen) atoms. The zero-order valence-corrected chi connectivity index (χ0v) is 13.2. The molecule has 104 valence electrons. The second kappa shape index (κ2) is 6.11. The second-order valence-electron chi connectivity index (χ2n) is 4.61. The van der Waals surface area contributed by atoms with Crippen LogP contribution in [-0.2, 0) is 18.7 Å². The van der Waals surface area contributed by atoms with E-state index in [1.807, 2.05) is 18.2 Å². The van der Waals surface area contributed by atoms with E-state index >= 15 is 0 Å². The number of halogens is 1.